The average Bonchev–Trinajstić information content (AvgIpc) is 2.34. The fourth-order valence-electron chi connectivity index (χ4n) is 1.64. The van der Waals surface area contributed by atoms with E-state index in [1.165, 1.54) is 12.1 Å². The molecule has 0 saturated heterocycles. The van der Waals surface area contributed by atoms with E-state index in [4.69, 9.17) is 6.42 Å². The maximum Gasteiger partial charge on any atom is 0.573 e. The van der Waals surface area contributed by atoms with Crippen LogP contribution in [0.1, 0.15) is 25.3 Å². The maximum atomic E-state index is 12.2. The quantitative estimate of drug-likeness (QED) is 0.800. The van der Waals surface area contributed by atoms with Crippen LogP contribution in [0.2, 0.25) is 0 Å². The van der Waals surface area contributed by atoms with Gasteiger partial charge in [-0.15, -0.1) is 19.6 Å². The standard InChI is InChI=1S/C14H16F3NO/c1-3-7-12(4-2)18-10-11-8-5-6-9-13(11)19-14(15,16)17/h2,5-6,8-9,12,18H,3,7,10H2,1H3. The van der Waals surface area contributed by atoms with Crippen LogP contribution < -0.4 is 10.1 Å². The summed E-state index contributed by atoms with van der Waals surface area (Å²) in [5.41, 5.74) is 0.427. The molecule has 0 fully saturated rings. The van der Waals surface area contributed by atoms with Gasteiger partial charge in [0.25, 0.3) is 0 Å². The molecule has 1 N–H and O–H groups in total. The SMILES string of the molecule is C#CC(CCC)NCc1ccccc1OC(F)(F)F. The number of terminal acetylenes is 1. The van der Waals surface area contributed by atoms with Gasteiger partial charge >= 0.3 is 6.36 Å². The second-order valence-corrected chi connectivity index (χ2v) is 4.04. The molecule has 1 aromatic rings. The van der Waals surface area contributed by atoms with E-state index in [0.717, 1.165) is 12.8 Å². The molecule has 5 heteroatoms. The third kappa shape index (κ3) is 5.66. The van der Waals surface area contributed by atoms with Crippen LogP contribution in [0.15, 0.2) is 24.3 Å². The first-order chi connectivity index (χ1) is 8.96. The largest absolute Gasteiger partial charge is 0.573 e. The van der Waals surface area contributed by atoms with Crippen molar-refractivity contribution in [2.24, 2.45) is 0 Å². The summed E-state index contributed by atoms with van der Waals surface area (Å²) in [6, 6.07) is 5.87. The molecule has 0 saturated carbocycles. The highest BCUT2D eigenvalue weighted by molar-refractivity contribution is 5.33. The molecule has 0 spiro atoms. The number of rotatable bonds is 6. The van der Waals surface area contributed by atoms with Gasteiger partial charge in [0.2, 0.25) is 0 Å². The second kappa shape index (κ2) is 7.05. The lowest BCUT2D eigenvalue weighted by Gasteiger charge is -2.16. The van der Waals surface area contributed by atoms with Gasteiger partial charge in [-0.25, -0.2) is 0 Å². The molecular formula is C14H16F3NO. The number of para-hydroxylation sites is 1. The Bertz CT molecular complexity index is 437. The van der Waals surface area contributed by atoms with Crippen molar-refractivity contribution < 1.29 is 17.9 Å². The summed E-state index contributed by atoms with van der Waals surface area (Å²) in [5, 5.41) is 3.03. The van der Waals surface area contributed by atoms with E-state index >= 15 is 0 Å². The summed E-state index contributed by atoms with van der Waals surface area (Å²) in [7, 11) is 0. The van der Waals surface area contributed by atoms with Crippen molar-refractivity contribution in [3.63, 3.8) is 0 Å². The summed E-state index contributed by atoms with van der Waals surface area (Å²) in [6.07, 6.45) is 2.33. The fourth-order valence-corrected chi connectivity index (χ4v) is 1.64. The van der Waals surface area contributed by atoms with Crippen molar-refractivity contribution in [1.29, 1.82) is 0 Å². The number of nitrogens with one attached hydrogen (secondary N) is 1. The molecule has 19 heavy (non-hydrogen) atoms. The van der Waals surface area contributed by atoms with Crippen molar-refractivity contribution in [1.82, 2.24) is 5.32 Å². The topological polar surface area (TPSA) is 21.3 Å². The lowest BCUT2D eigenvalue weighted by atomic mass is 10.1. The van der Waals surface area contributed by atoms with E-state index in [1.54, 1.807) is 12.1 Å². The number of hydrogen-bond acceptors (Lipinski definition) is 2. The Morgan fingerprint density at radius 3 is 2.63 bits per heavy atom. The molecule has 0 radical (unpaired) electrons. The van der Waals surface area contributed by atoms with Crippen LogP contribution in [-0.2, 0) is 6.54 Å². The van der Waals surface area contributed by atoms with Crippen LogP contribution >= 0.6 is 0 Å². The predicted molar refractivity (Wildman–Crippen MR) is 67.5 cm³/mol. The van der Waals surface area contributed by atoms with Crippen molar-refractivity contribution in [2.75, 3.05) is 0 Å². The minimum absolute atomic E-state index is 0.149. The summed E-state index contributed by atoms with van der Waals surface area (Å²) in [5.74, 6) is 2.37. The lowest BCUT2D eigenvalue weighted by molar-refractivity contribution is -0.274. The number of hydrogen-bond donors (Lipinski definition) is 1. The van der Waals surface area contributed by atoms with Crippen LogP contribution in [0.3, 0.4) is 0 Å². The molecule has 1 rings (SSSR count). The zero-order valence-corrected chi connectivity index (χ0v) is 10.6. The van der Waals surface area contributed by atoms with Gasteiger partial charge in [0.05, 0.1) is 6.04 Å². The zero-order chi connectivity index (χ0) is 14.3. The minimum atomic E-state index is -4.69. The van der Waals surface area contributed by atoms with E-state index in [0.29, 0.717) is 5.56 Å². The van der Waals surface area contributed by atoms with Crippen LogP contribution in [-0.4, -0.2) is 12.4 Å². The van der Waals surface area contributed by atoms with Crippen LogP contribution in [0.4, 0.5) is 13.2 Å². The molecule has 2 nitrogen and oxygen atoms in total. The molecule has 0 aliphatic carbocycles. The smallest absolute Gasteiger partial charge is 0.405 e. The molecule has 1 unspecified atom stereocenters. The molecule has 0 aliphatic heterocycles. The third-order valence-corrected chi connectivity index (χ3v) is 2.52. The Morgan fingerprint density at radius 1 is 1.37 bits per heavy atom. The Morgan fingerprint density at radius 2 is 2.05 bits per heavy atom. The molecule has 0 heterocycles. The first-order valence-corrected chi connectivity index (χ1v) is 5.99. The molecule has 0 aromatic heterocycles. The van der Waals surface area contributed by atoms with Gasteiger partial charge in [-0.3, -0.25) is 5.32 Å². The zero-order valence-electron chi connectivity index (χ0n) is 10.6. The molecule has 104 valence electrons. The van der Waals surface area contributed by atoms with Gasteiger partial charge in [-0.2, -0.15) is 0 Å². The monoisotopic (exact) mass is 271 g/mol. The summed E-state index contributed by atoms with van der Waals surface area (Å²) in [6.45, 7) is 2.23. The maximum absolute atomic E-state index is 12.2. The van der Waals surface area contributed by atoms with E-state index in [-0.39, 0.29) is 18.3 Å². The molecule has 1 atom stereocenters. The Kier molecular flexibility index (Phi) is 5.71. The van der Waals surface area contributed by atoms with Crippen LogP contribution in [0.25, 0.3) is 0 Å². The fraction of sp³-hybridized carbons (Fsp3) is 0.429. The van der Waals surface area contributed by atoms with Crippen molar-refractivity contribution in [3.8, 4) is 18.1 Å². The van der Waals surface area contributed by atoms with E-state index in [9.17, 15) is 13.2 Å². The van der Waals surface area contributed by atoms with Gasteiger partial charge in [0, 0.05) is 12.1 Å². The second-order valence-electron chi connectivity index (χ2n) is 4.04. The van der Waals surface area contributed by atoms with Gasteiger partial charge in [0.1, 0.15) is 5.75 Å². The normalized spacial score (nSPS) is 12.8. The van der Waals surface area contributed by atoms with Crippen LogP contribution in [0, 0.1) is 12.3 Å². The van der Waals surface area contributed by atoms with Gasteiger partial charge < -0.3 is 4.74 Å². The number of halogens is 3. The highest BCUT2D eigenvalue weighted by Crippen LogP contribution is 2.26. The minimum Gasteiger partial charge on any atom is -0.405 e. The first-order valence-electron chi connectivity index (χ1n) is 5.99. The molecule has 0 aliphatic rings. The van der Waals surface area contributed by atoms with E-state index in [1.807, 2.05) is 6.92 Å². The van der Waals surface area contributed by atoms with Crippen molar-refractivity contribution >= 4 is 0 Å². The number of alkyl halides is 3. The van der Waals surface area contributed by atoms with E-state index < -0.39 is 6.36 Å². The Balaban J connectivity index is 2.70. The summed E-state index contributed by atoms with van der Waals surface area (Å²) < 4.78 is 40.7. The van der Waals surface area contributed by atoms with Crippen molar-refractivity contribution in [2.45, 2.75) is 38.7 Å². The summed E-state index contributed by atoms with van der Waals surface area (Å²) >= 11 is 0. The molecule has 1 aromatic carbocycles. The molecular weight excluding hydrogens is 255 g/mol. The molecule has 0 bridgehead atoms. The molecule has 0 amide bonds. The Labute approximate surface area is 111 Å². The number of benzene rings is 1. The summed E-state index contributed by atoms with van der Waals surface area (Å²) in [4.78, 5) is 0. The van der Waals surface area contributed by atoms with Crippen molar-refractivity contribution in [3.05, 3.63) is 29.8 Å². The van der Waals surface area contributed by atoms with Gasteiger partial charge in [0.15, 0.2) is 0 Å². The van der Waals surface area contributed by atoms with Crippen LogP contribution in [0.5, 0.6) is 5.75 Å². The first kappa shape index (κ1) is 15.4. The number of ether oxygens (including phenoxy) is 1. The predicted octanol–water partition coefficient (Wildman–Crippen LogP) is 3.48. The van der Waals surface area contributed by atoms with E-state index in [2.05, 4.69) is 16.0 Å². The van der Waals surface area contributed by atoms with Gasteiger partial charge in [-0.05, 0) is 12.5 Å². The average molecular weight is 271 g/mol. The highest BCUT2D eigenvalue weighted by atomic mass is 19.4. The highest BCUT2D eigenvalue weighted by Gasteiger charge is 2.31. The third-order valence-electron chi connectivity index (χ3n) is 2.52. The Hall–Kier alpha value is -1.67. The lowest BCUT2D eigenvalue weighted by Crippen LogP contribution is -2.27. The van der Waals surface area contributed by atoms with Gasteiger partial charge in [-0.1, -0.05) is 37.5 Å².